The van der Waals surface area contributed by atoms with E-state index >= 15 is 0 Å². The number of aliphatic hydroxyl groups is 1. The Bertz CT molecular complexity index is 919. The van der Waals surface area contributed by atoms with E-state index in [1.54, 1.807) is 0 Å². The van der Waals surface area contributed by atoms with Gasteiger partial charge in [0.1, 0.15) is 0 Å². The highest BCUT2D eigenvalue weighted by Crippen LogP contribution is 2.64. The third kappa shape index (κ3) is 3.69. The summed E-state index contributed by atoms with van der Waals surface area (Å²) in [6.07, 6.45) is 5.44. The van der Waals surface area contributed by atoms with Gasteiger partial charge >= 0.3 is 0 Å². The maximum absolute atomic E-state index is 14.1. The fraction of sp³-hybridized carbons (Fsp3) is 0.593. The van der Waals surface area contributed by atoms with Crippen molar-refractivity contribution in [3.05, 3.63) is 59.1 Å². The van der Waals surface area contributed by atoms with Crippen molar-refractivity contribution in [2.45, 2.75) is 77.7 Å². The molecule has 3 atom stereocenters. The van der Waals surface area contributed by atoms with E-state index in [-0.39, 0.29) is 29.7 Å². The van der Waals surface area contributed by atoms with Gasteiger partial charge in [0.05, 0.1) is 17.6 Å². The number of benzene rings is 1. The van der Waals surface area contributed by atoms with Crippen LogP contribution < -0.4 is 0 Å². The van der Waals surface area contributed by atoms with Crippen molar-refractivity contribution < 1.29 is 19.4 Å². The van der Waals surface area contributed by atoms with Gasteiger partial charge in [0.15, 0.2) is 11.4 Å². The normalized spacial score (nSPS) is 29.6. The number of allylic oxidation sites excluding steroid dienone is 2. The first-order valence-electron chi connectivity index (χ1n) is 12.0. The number of hydrogen-bond acceptors (Lipinski definition) is 5. The molecule has 1 aromatic rings. The molecule has 5 nitrogen and oxygen atoms in total. The fourth-order valence-corrected chi connectivity index (χ4v) is 5.91. The summed E-state index contributed by atoms with van der Waals surface area (Å²) in [5.74, 6) is 0.637. The first kappa shape index (κ1) is 23.1. The zero-order valence-electron chi connectivity index (χ0n) is 20.1. The Morgan fingerprint density at radius 2 is 1.81 bits per heavy atom. The van der Waals surface area contributed by atoms with Crippen molar-refractivity contribution in [2.24, 2.45) is 11.3 Å². The number of ether oxygens (including phenoxy) is 2. The van der Waals surface area contributed by atoms with Gasteiger partial charge in [-0.15, -0.1) is 0 Å². The second-order valence-corrected chi connectivity index (χ2v) is 10.3. The van der Waals surface area contributed by atoms with E-state index in [2.05, 4.69) is 23.1 Å². The van der Waals surface area contributed by atoms with Crippen LogP contribution >= 0.6 is 0 Å². The molecule has 0 radical (unpaired) electrons. The molecule has 174 valence electrons. The summed E-state index contributed by atoms with van der Waals surface area (Å²) in [5, 5.41) is 12.5. The summed E-state index contributed by atoms with van der Waals surface area (Å²) in [5.41, 5.74) is -0.302. The summed E-state index contributed by atoms with van der Waals surface area (Å²) < 4.78 is 12.3. The van der Waals surface area contributed by atoms with E-state index in [1.807, 2.05) is 52.9 Å². The monoisotopic (exact) mass is 439 g/mol. The number of carbonyl (C=O) groups excluding carboxylic acids is 1. The van der Waals surface area contributed by atoms with Gasteiger partial charge in [-0.25, -0.2) is 0 Å². The number of Topliss-reactive ketones (excluding diaryl/α,β-unsaturated/α-hetero) is 1. The molecule has 4 rings (SSSR count). The lowest BCUT2D eigenvalue weighted by molar-refractivity contribution is -0.137. The molecule has 0 aromatic heterocycles. The number of carbonyl (C=O) groups is 1. The first-order chi connectivity index (χ1) is 15.2. The highest BCUT2D eigenvalue weighted by atomic mass is 16.5. The zero-order chi connectivity index (χ0) is 23.1. The second-order valence-electron chi connectivity index (χ2n) is 10.3. The number of fused-ring (bicyclic) bond motifs is 3. The minimum Gasteiger partial charge on any atom is -0.488 e. The van der Waals surface area contributed by atoms with Gasteiger partial charge in [-0.05, 0) is 77.5 Å². The van der Waals surface area contributed by atoms with Gasteiger partial charge in [-0.2, -0.15) is 0 Å². The lowest BCUT2D eigenvalue weighted by Gasteiger charge is -2.39. The standard InChI is InChI=1S/C27H37NO4/c1-18(2)31-23-24(29)26(17-28(5)16-20-11-7-6-8-12-20)15-21-13-9-10-14-22(21)27(26,30)25(23)32-19(3)4/h6-8,11-12,14,18-19,21,30H,9-10,13,15-17H2,1-5H3/t21-,26-,27+/m1/s1. The smallest absolute Gasteiger partial charge is 0.212 e. The van der Waals surface area contributed by atoms with Crippen LogP contribution in [0.3, 0.4) is 0 Å². The average molecular weight is 440 g/mol. The van der Waals surface area contributed by atoms with E-state index in [4.69, 9.17) is 9.47 Å². The van der Waals surface area contributed by atoms with Crippen LogP contribution in [0.2, 0.25) is 0 Å². The van der Waals surface area contributed by atoms with Gasteiger partial charge < -0.3 is 19.5 Å². The van der Waals surface area contributed by atoms with Crippen molar-refractivity contribution in [1.82, 2.24) is 4.90 Å². The molecule has 3 aliphatic carbocycles. The van der Waals surface area contributed by atoms with Crippen LogP contribution in [-0.4, -0.2) is 47.2 Å². The molecule has 0 bridgehead atoms. The summed E-state index contributed by atoms with van der Waals surface area (Å²) in [6, 6.07) is 10.2. The van der Waals surface area contributed by atoms with Crippen molar-refractivity contribution >= 4 is 5.78 Å². The molecule has 32 heavy (non-hydrogen) atoms. The van der Waals surface area contributed by atoms with Crippen molar-refractivity contribution in [1.29, 1.82) is 0 Å². The van der Waals surface area contributed by atoms with Crippen LogP contribution in [0.25, 0.3) is 0 Å². The Balaban J connectivity index is 1.78. The van der Waals surface area contributed by atoms with Crippen molar-refractivity contribution in [3.8, 4) is 0 Å². The van der Waals surface area contributed by atoms with Crippen LogP contribution in [0, 0.1) is 11.3 Å². The third-order valence-electron chi connectivity index (χ3n) is 6.98. The highest BCUT2D eigenvalue weighted by molar-refractivity contribution is 6.05. The Labute approximate surface area is 192 Å². The molecular formula is C27H37NO4. The van der Waals surface area contributed by atoms with E-state index in [0.29, 0.717) is 25.3 Å². The average Bonchev–Trinajstić information content (AvgIpc) is 3.07. The van der Waals surface area contributed by atoms with Crippen LogP contribution in [0.4, 0.5) is 0 Å². The van der Waals surface area contributed by atoms with Crippen LogP contribution in [0.15, 0.2) is 53.5 Å². The van der Waals surface area contributed by atoms with Gasteiger partial charge in [0.25, 0.3) is 0 Å². The summed E-state index contributed by atoms with van der Waals surface area (Å²) in [7, 11) is 2.02. The molecule has 0 amide bonds. The van der Waals surface area contributed by atoms with Crippen LogP contribution in [0.5, 0.6) is 0 Å². The summed E-state index contributed by atoms with van der Waals surface area (Å²) in [4.78, 5) is 16.3. The predicted octanol–water partition coefficient (Wildman–Crippen LogP) is 4.61. The molecule has 0 aliphatic heterocycles. The summed E-state index contributed by atoms with van der Waals surface area (Å²) >= 11 is 0. The molecule has 1 saturated carbocycles. The van der Waals surface area contributed by atoms with Gasteiger partial charge in [-0.1, -0.05) is 36.4 Å². The molecule has 1 N–H and O–H groups in total. The maximum atomic E-state index is 14.1. The second kappa shape index (κ2) is 8.68. The molecular weight excluding hydrogens is 402 g/mol. The highest BCUT2D eigenvalue weighted by Gasteiger charge is 2.73. The number of rotatable bonds is 8. The van der Waals surface area contributed by atoms with E-state index in [1.165, 1.54) is 5.56 Å². The van der Waals surface area contributed by atoms with Gasteiger partial charge in [-0.3, -0.25) is 4.79 Å². The molecule has 5 heteroatoms. The minimum absolute atomic E-state index is 0.112. The predicted molar refractivity (Wildman–Crippen MR) is 125 cm³/mol. The Hall–Kier alpha value is -2.11. The Kier molecular flexibility index (Phi) is 6.25. The first-order valence-corrected chi connectivity index (χ1v) is 12.0. The molecule has 1 aromatic carbocycles. The van der Waals surface area contributed by atoms with Crippen molar-refractivity contribution in [3.63, 3.8) is 0 Å². The summed E-state index contributed by atoms with van der Waals surface area (Å²) in [6.45, 7) is 8.82. The zero-order valence-corrected chi connectivity index (χ0v) is 20.1. The Morgan fingerprint density at radius 3 is 2.47 bits per heavy atom. The van der Waals surface area contributed by atoms with Crippen LogP contribution in [-0.2, 0) is 20.8 Å². The van der Waals surface area contributed by atoms with Crippen LogP contribution in [0.1, 0.15) is 58.9 Å². The number of nitrogens with zero attached hydrogens (tertiary/aromatic N) is 1. The minimum atomic E-state index is -1.45. The van der Waals surface area contributed by atoms with E-state index < -0.39 is 11.0 Å². The lowest BCUT2D eigenvalue weighted by atomic mass is 9.73. The number of ketones is 1. The number of hydrogen-bond donors (Lipinski definition) is 1. The molecule has 0 saturated heterocycles. The quantitative estimate of drug-likeness (QED) is 0.600. The molecule has 0 spiro atoms. The molecule has 0 unspecified atom stereocenters. The molecule has 1 fully saturated rings. The Morgan fingerprint density at radius 1 is 1.12 bits per heavy atom. The SMILES string of the molecule is CC(C)OC1=C(OC(C)C)[C@@]2(O)C3=CCCC[C@@H]3C[C@@]2(CN(C)Cc2ccccc2)C1=O. The topological polar surface area (TPSA) is 59.0 Å². The van der Waals surface area contributed by atoms with Crippen molar-refractivity contribution in [2.75, 3.05) is 13.6 Å². The van der Waals surface area contributed by atoms with E-state index in [9.17, 15) is 9.90 Å². The third-order valence-corrected chi connectivity index (χ3v) is 6.98. The lowest BCUT2D eigenvalue weighted by Crippen LogP contribution is -2.53. The largest absolute Gasteiger partial charge is 0.488 e. The maximum Gasteiger partial charge on any atom is 0.212 e. The molecule has 0 heterocycles. The van der Waals surface area contributed by atoms with Gasteiger partial charge in [0.2, 0.25) is 11.5 Å². The molecule has 3 aliphatic rings. The van der Waals surface area contributed by atoms with Gasteiger partial charge in [0, 0.05) is 13.1 Å². The van der Waals surface area contributed by atoms with E-state index in [0.717, 1.165) is 24.8 Å². The fourth-order valence-electron chi connectivity index (χ4n) is 5.91.